The van der Waals surface area contributed by atoms with E-state index in [2.05, 4.69) is 92.1 Å². The summed E-state index contributed by atoms with van der Waals surface area (Å²) in [5, 5.41) is 23.3. The number of allylic oxidation sites excluding steroid dienone is 12. The first-order valence-corrected chi connectivity index (χ1v) is 26.1. The topological polar surface area (TPSA) is 69.6 Å². The Morgan fingerprint density at radius 2 is 0.733 bits per heavy atom. The third kappa shape index (κ3) is 46.9. The molecule has 60 heavy (non-hydrogen) atoms. The fourth-order valence-electron chi connectivity index (χ4n) is 7.78. The second-order valence-electron chi connectivity index (χ2n) is 17.6. The molecule has 4 heteroatoms. The van der Waals surface area contributed by atoms with Crippen LogP contribution in [0.15, 0.2) is 72.9 Å². The van der Waals surface area contributed by atoms with Crippen molar-refractivity contribution in [3.8, 4) is 0 Å². The van der Waals surface area contributed by atoms with Crippen molar-refractivity contribution in [3.05, 3.63) is 72.9 Å². The van der Waals surface area contributed by atoms with Gasteiger partial charge in [0.1, 0.15) is 0 Å². The van der Waals surface area contributed by atoms with Gasteiger partial charge in [-0.15, -0.1) is 0 Å². The van der Waals surface area contributed by atoms with Gasteiger partial charge in [0.25, 0.3) is 0 Å². The van der Waals surface area contributed by atoms with Gasteiger partial charge in [0.15, 0.2) is 0 Å². The molecule has 0 aromatic carbocycles. The van der Waals surface area contributed by atoms with Gasteiger partial charge in [-0.1, -0.05) is 260 Å². The summed E-state index contributed by atoms with van der Waals surface area (Å²) < 4.78 is 0. The van der Waals surface area contributed by atoms with E-state index in [9.17, 15) is 15.0 Å². The van der Waals surface area contributed by atoms with Gasteiger partial charge in [-0.3, -0.25) is 4.79 Å². The number of unbranched alkanes of at least 4 members (excludes halogenated alkanes) is 28. The minimum atomic E-state index is -0.668. The summed E-state index contributed by atoms with van der Waals surface area (Å²) in [4.78, 5) is 12.5. The molecule has 2 unspecified atom stereocenters. The van der Waals surface area contributed by atoms with Crippen molar-refractivity contribution < 1.29 is 15.0 Å². The molecular formula is C56H101NO3. The Morgan fingerprint density at radius 3 is 1.10 bits per heavy atom. The molecule has 0 bridgehead atoms. The number of hydrogen-bond donors (Lipinski definition) is 3. The normalized spacial score (nSPS) is 13.5. The molecule has 0 radical (unpaired) electrons. The zero-order valence-corrected chi connectivity index (χ0v) is 40.0. The number of rotatable bonds is 47. The minimum Gasteiger partial charge on any atom is -0.394 e. The van der Waals surface area contributed by atoms with Crippen molar-refractivity contribution in [1.29, 1.82) is 0 Å². The van der Waals surface area contributed by atoms with Crippen LogP contribution in [-0.2, 0) is 4.79 Å². The van der Waals surface area contributed by atoms with Gasteiger partial charge >= 0.3 is 0 Å². The fourth-order valence-corrected chi connectivity index (χ4v) is 7.78. The van der Waals surface area contributed by atoms with Crippen LogP contribution in [0.2, 0.25) is 0 Å². The molecule has 0 fully saturated rings. The standard InChI is InChI=1S/C56H101NO3/c1-3-5-7-9-11-13-15-17-19-21-23-25-26-27-28-29-30-32-34-36-38-40-42-44-46-48-50-52-56(60)57-54(53-58)55(59)51-49-47-45-43-41-39-37-35-33-31-24-22-20-18-16-14-12-10-8-6-4-2/h5,7,11,13,17,19,23,25,27-28,30,32,54-55,58-59H,3-4,6,8-10,12,14-16,18,20-22,24,26,29,31,33-53H2,1-2H3,(H,57,60)/b7-5-,13-11-,19-17-,25-23-,28-27-,32-30-. The van der Waals surface area contributed by atoms with Crippen molar-refractivity contribution >= 4 is 5.91 Å². The molecule has 0 aliphatic heterocycles. The quantitative estimate of drug-likeness (QED) is 0.0422. The van der Waals surface area contributed by atoms with Gasteiger partial charge in [0, 0.05) is 6.42 Å². The van der Waals surface area contributed by atoms with Crippen LogP contribution in [-0.4, -0.2) is 34.9 Å². The van der Waals surface area contributed by atoms with E-state index < -0.39 is 12.1 Å². The number of aliphatic hydroxyl groups excluding tert-OH is 2. The summed E-state index contributed by atoms with van der Waals surface area (Å²) in [5.41, 5.74) is 0. The highest BCUT2D eigenvalue weighted by molar-refractivity contribution is 5.76. The summed E-state index contributed by atoms with van der Waals surface area (Å²) in [6.45, 7) is 4.25. The molecule has 1 amide bonds. The number of carbonyl (C=O) groups excluding carboxylic acids is 1. The lowest BCUT2D eigenvalue weighted by Gasteiger charge is -2.22. The lowest BCUT2D eigenvalue weighted by atomic mass is 10.0. The summed E-state index contributed by atoms with van der Waals surface area (Å²) in [6.07, 6.45) is 72.9. The maximum absolute atomic E-state index is 12.5. The average molecular weight is 836 g/mol. The highest BCUT2D eigenvalue weighted by atomic mass is 16.3. The van der Waals surface area contributed by atoms with E-state index in [-0.39, 0.29) is 12.5 Å². The Balaban J connectivity index is 3.54. The van der Waals surface area contributed by atoms with E-state index in [4.69, 9.17) is 0 Å². The molecule has 3 N–H and O–H groups in total. The van der Waals surface area contributed by atoms with Crippen LogP contribution in [0, 0.1) is 0 Å². The Labute approximate surface area is 374 Å². The van der Waals surface area contributed by atoms with Gasteiger partial charge in [-0.25, -0.2) is 0 Å². The highest BCUT2D eigenvalue weighted by Gasteiger charge is 2.20. The van der Waals surface area contributed by atoms with Gasteiger partial charge < -0.3 is 15.5 Å². The lowest BCUT2D eigenvalue weighted by Crippen LogP contribution is -2.45. The highest BCUT2D eigenvalue weighted by Crippen LogP contribution is 2.17. The number of nitrogens with one attached hydrogen (secondary N) is 1. The summed E-state index contributed by atoms with van der Waals surface area (Å²) in [6, 6.07) is -0.546. The lowest BCUT2D eigenvalue weighted by molar-refractivity contribution is -0.123. The van der Waals surface area contributed by atoms with E-state index in [1.54, 1.807) is 0 Å². The molecule has 2 atom stereocenters. The molecule has 0 rings (SSSR count). The van der Waals surface area contributed by atoms with E-state index in [1.807, 2.05) is 0 Å². The predicted octanol–water partition coefficient (Wildman–Crippen LogP) is 17.0. The third-order valence-corrected chi connectivity index (χ3v) is 11.7. The average Bonchev–Trinajstić information content (AvgIpc) is 3.25. The first kappa shape index (κ1) is 57.8. The number of carbonyl (C=O) groups is 1. The first-order valence-electron chi connectivity index (χ1n) is 26.1. The smallest absolute Gasteiger partial charge is 0.220 e. The maximum atomic E-state index is 12.5. The van der Waals surface area contributed by atoms with Crippen LogP contribution < -0.4 is 5.32 Å². The zero-order chi connectivity index (χ0) is 43.5. The number of aliphatic hydroxyl groups is 2. The van der Waals surface area contributed by atoms with Crippen LogP contribution in [0.5, 0.6) is 0 Å². The van der Waals surface area contributed by atoms with E-state index in [0.717, 1.165) is 64.2 Å². The van der Waals surface area contributed by atoms with Crippen molar-refractivity contribution in [3.63, 3.8) is 0 Å². The molecule has 0 heterocycles. The SMILES string of the molecule is CC/C=C\C/C=C\C/C=C\C/C=C\C/C=C\C/C=C\CCCCCCCCCCC(=O)NC(CO)C(O)CCCCCCCCCCCCCCCCCCCCCCC. The van der Waals surface area contributed by atoms with Crippen LogP contribution in [0.1, 0.15) is 258 Å². The molecule has 0 spiro atoms. The molecule has 0 aliphatic carbocycles. The molecular weight excluding hydrogens is 735 g/mol. The summed E-state index contributed by atoms with van der Waals surface area (Å²) in [5.74, 6) is -0.0405. The van der Waals surface area contributed by atoms with Gasteiger partial charge in [-0.2, -0.15) is 0 Å². The molecule has 0 aromatic heterocycles. The molecule has 348 valence electrons. The van der Waals surface area contributed by atoms with Crippen molar-refractivity contribution in [1.82, 2.24) is 5.32 Å². The second kappa shape index (κ2) is 51.2. The maximum Gasteiger partial charge on any atom is 0.220 e. The molecule has 4 nitrogen and oxygen atoms in total. The van der Waals surface area contributed by atoms with E-state index in [0.29, 0.717) is 12.8 Å². The van der Waals surface area contributed by atoms with Crippen LogP contribution in [0.3, 0.4) is 0 Å². The summed E-state index contributed by atoms with van der Waals surface area (Å²) in [7, 11) is 0. The Bertz CT molecular complexity index is 1040. The van der Waals surface area contributed by atoms with E-state index in [1.165, 1.54) is 167 Å². The van der Waals surface area contributed by atoms with Crippen LogP contribution in [0.25, 0.3) is 0 Å². The Hall–Kier alpha value is -2.17. The third-order valence-electron chi connectivity index (χ3n) is 11.7. The molecule has 0 aromatic rings. The van der Waals surface area contributed by atoms with Gasteiger partial charge in [-0.05, 0) is 64.2 Å². The molecule has 0 aliphatic rings. The monoisotopic (exact) mass is 836 g/mol. The Morgan fingerprint density at radius 1 is 0.417 bits per heavy atom. The summed E-state index contributed by atoms with van der Waals surface area (Å²) >= 11 is 0. The number of amides is 1. The van der Waals surface area contributed by atoms with Crippen molar-refractivity contribution in [2.45, 2.75) is 270 Å². The zero-order valence-electron chi connectivity index (χ0n) is 40.0. The van der Waals surface area contributed by atoms with Crippen LogP contribution in [0.4, 0.5) is 0 Å². The van der Waals surface area contributed by atoms with Crippen LogP contribution >= 0.6 is 0 Å². The van der Waals surface area contributed by atoms with Gasteiger partial charge in [0.05, 0.1) is 18.8 Å². The predicted molar refractivity (Wildman–Crippen MR) is 267 cm³/mol. The largest absolute Gasteiger partial charge is 0.394 e. The van der Waals surface area contributed by atoms with Crippen molar-refractivity contribution in [2.24, 2.45) is 0 Å². The van der Waals surface area contributed by atoms with E-state index >= 15 is 0 Å². The molecule has 0 saturated heterocycles. The van der Waals surface area contributed by atoms with Gasteiger partial charge in [0.2, 0.25) is 5.91 Å². The Kier molecular flexibility index (Phi) is 49.3. The molecule has 0 saturated carbocycles. The fraction of sp³-hybridized carbons (Fsp3) is 0.768. The number of hydrogen-bond acceptors (Lipinski definition) is 3. The van der Waals surface area contributed by atoms with Crippen molar-refractivity contribution in [2.75, 3.05) is 6.61 Å². The second-order valence-corrected chi connectivity index (χ2v) is 17.6. The minimum absolute atomic E-state index is 0.0405. The first-order chi connectivity index (χ1) is 29.7.